The molecule has 0 bridgehead atoms. The summed E-state index contributed by atoms with van der Waals surface area (Å²) in [5.74, 6) is 0. The van der Waals surface area contributed by atoms with Crippen molar-refractivity contribution < 1.29 is 0 Å². The highest BCUT2D eigenvalue weighted by Gasteiger charge is 2.26. The fourth-order valence-electron chi connectivity index (χ4n) is 1.25. The maximum atomic E-state index is 6.19. The van der Waals surface area contributed by atoms with E-state index in [2.05, 4.69) is 48.6 Å². The van der Waals surface area contributed by atoms with Gasteiger partial charge in [0.15, 0.2) is 0 Å². The summed E-state index contributed by atoms with van der Waals surface area (Å²) in [6, 6.07) is 4.25. The van der Waals surface area contributed by atoms with E-state index in [1.54, 1.807) is 0 Å². The third kappa shape index (κ3) is 2.85. The monoisotopic (exact) mass is 344 g/mol. The van der Waals surface area contributed by atoms with E-state index in [-0.39, 0.29) is 0 Å². The Morgan fingerprint density at radius 1 is 1.15 bits per heavy atom. The highest BCUT2D eigenvalue weighted by atomic mass is 127. The standard InChI is InChI=1S/C9H11Cl2ISi/c1-6-5-9(13(3,10)11)7(2)4-8(6)12/h4-5H,1-3H3. The van der Waals surface area contributed by atoms with Gasteiger partial charge in [-0.25, -0.2) is 0 Å². The first-order valence-electron chi connectivity index (χ1n) is 3.97. The van der Waals surface area contributed by atoms with Gasteiger partial charge in [-0.1, -0.05) is 6.07 Å². The summed E-state index contributed by atoms with van der Waals surface area (Å²) < 4.78 is 1.27. The zero-order valence-electron chi connectivity index (χ0n) is 7.79. The zero-order valence-corrected chi connectivity index (χ0v) is 12.5. The minimum Gasteiger partial charge on any atom is -0.140 e. The maximum absolute atomic E-state index is 6.19. The van der Waals surface area contributed by atoms with Crippen LogP contribution < -0.4 is 5.19 Å². The minimum absolute atomic E-state index is 1.13. The molecule has 13 heavy (non-hydrogen) atoms. The molecule has 0 nitrogen and oxygen atoms in total. The first kappa shape index (κ1) is 11.8. The van der Waals surface area contributed by atoms with E-state index in [0.29, 0.717) is 0 Å². The van der Waals surface area contributed by atoms with Crippen molar-refractivity contribution in [3.63, 3.8) is 0 Å². The largest absolute Gasteiger partial charge is 0.278 e. The van der Waals surface area contributed by atoms with Gasteiger partial charge in [-0.05, 0) is 65.4 Å². The predicted octanol–water partition coefficient (Wildman–Crippen LogP) is 3.66. The first-order chi connectivity index (χ1) is 5.82. The second-order valence-corrected chi connectivity index (χ2v) is 11.9. The van der Waals surface area contributed by atoms with Crippen LogP contribution in [0.15, 0.2) is 12.1 Å². The van der Waals surface area contributed by atoms with Gasteiger partial charge in [-0.2, -0.15) is 0 Å². The number of hydrogen-bond donors (Lipinski definition) is 0. The van der Waals surface area contributed by atoms with E-state index in [1.165, 1.54) is 14.7 Å². The van der Waals surface area contributed by atoms with Crippen molar-refractivity contribution >= 4 is 56.6 Å². The summed E-state index contributed by atoms with van der Waals surface area (Å²) in [7, 11) is 0. The molecule has 0 saturated heterocycles. The highest BCUT2D eigenvalue weighted by molar-refractivity contribution is 14.1. The summed E-state index contributed by atoms with van der Waals surface area (Å²) in [4.78, 5) is 0. The van der Waals surface area contributed by atoms with Gasteiger partial charge in [0, 0.05) is 3.57 Å². The van der Waals surface area contributed by atoms with E-state index >= 15 is 0 Å². The van der Waals surface area contributed by atoms with Gasteiger partial charge in [0.2, 0.25) is 0 Å². The van der Waals surface area contributed by atoms with Crippen LogP contribution in [0, 0.1) is 17.4 Å². The van der Waals surface area contributed by atoms with Crippen molar-refractivity contribution in [1.82, 2.24) is 0 Å². The second-order valence-electron chi connectivity index (χ2n) is 3.30. The summed E-state index contributed by atoms with van der Waals surface area (Å²) in [5.41, 5.74) is 2.45. The van der Waals surface area contributed by atoms with E-state index in [1.807, 2.05) is 6.55 Å². The number of aryl methyl sites for hydroxylation is 2. The summed E-state index contributed by atoms with van der Waals surface area (Å²) in [5, 5.41) is 1.13. The number of halogens is 3. The van der Waals surface area contributed by atoms with Crippen molar-refractivity contribution in [1.29, 1.82) is 0 Å². The Morgan fingerprint density at radius 2 is 1.69 bits per heavy atom. The smallest absolute Gasteiger partial charge is 0.140 e. The molecule has 0 saturated carbocycles. The van der Waals surface area contributed by atoms with E-state index < -0.39 is 6.69 Å². The lowest BCUT2D eigenvalue weighted by atomic mass is 10.2. The maximum Gasteiger partial charge on any atom is 0.278 e. The molecule has 0 fully saturated rings. The van der Waals surface area contributed by atoms with Gasteiger partial charge >= 0.3 is 0 Å². The van der Waals surface area contributed by atoms with Gasteiger partial charge in [0.1, 0.15) is 0 Å². The lowest BCUT2D eigenvalue weighted by Gasteiger charge is -2.15. The fraction of sp³-hybridized carbons (Fsp3) is 0.333. The summed E-state index contributed by atoms with van der Waals surface area (Å²) in [6.45, 7) is 3.89. The average molecular weight is 345 g/mol. The highest BCUT2D eigenvalue weighted by Crippen LogP contribution is 2.19. The van der Waals surface area contributed by atoms with Crippen LogP contribution in [0.5, 0.6) is 0 Å². The Kier molecular flexibility index (Phi) is 3.72. The molecule has 0 amide bonds. The Morgan fingerprint density at radius 3 is 2.15 bits per heavy atom. The fourth-order valence-corrected chi connectivity index (χ4v) is 4.33. The van der Waals surface area contributed by atoms with Crippen LogP contribution in [-0.2, 0) is 0 Å². The molecule has 72 valence electrons. The van der Waals surface area contributed by atoms with Crippen LogP contribution in [0.3, 0.4) is 0 Å². The van der Waals surface area contributed by atoms with Crippen LogP contribution >= 0.6 is 44.7 Å². The molecule has 0 radical (unpaired) electrons. The van der Waals surface area contributed by atoms with Crippen LogP contribution in [-0.4, -0.2) is 6.69 Å². The van der Waals surface area contributed by atoms with Gasteiger partial charge in [0.25, 0.3) is 6.69 Å². The molecule has 1 rings (SSSR count). The van der Waals surface area contributed by atoms with Crippen molar-refractivity contribution in [2.75, 3.05) is 0 Å². The Balaban J connectivity index is 3.32. The lowest BCUT2D eigenvalue weighted by molar-refractivity contribution is 1.39. The zero-order chi connectivity index (χ0) is 10.2. The first-order valence-corrected chi connectivity index (χ1v) is 9.57. The third-order valence-corrected chi connectivity index (χ3v) is 5.85. The van der Waals surface area contributed by atoms with Gasteiger partial charge < -0.3 is 0 Å². The normalized spacial score (nSPS) is 11.8. The molecule has 0 aromatic heterocycles. The predicted molar refractivity (Wildman–Crippen MR) is 71.6 cm³/mol. The molecule has 4 heteroatoms. The molecule has 0 aliphatic heterocycles. The topological polar surface area (TPSA) is 0 Å². The third-order valence-electron chi connectivity index (χ3n) is 1.98. The summed E-state index contributed by atoms with van der Waals surface area (Å²) in [6.07, 6.45) is 0. The van der Waals surface area contributed by atoms with Crippen LogP contribution in [0.25, 0.3) is 0 Å². The Hall–Kier alpha value is 0.747. The number of benzene rings is 1. The van der Waals surface area contributed by atoms with Crippen molar-refractivity contribution in [2.45, 2.75) is 20.4 Å². The molecule has 0 heterocycles. The molecule has 1 aromatic rings. The van der Waals surface area contributed by atoms with Crippen molar-refractivity contribution in [3.05, 3.63) is 26.8 Å². The molecule has 0 N–H and O–H groups in total. The number of rotatable bonds is 1. The van der Waals surface area contributed by atoms with E-state index in [4.69, 9.17) is 22.2 Å². The van der Waals surface area contributed by atoms with Crippen molar-refractivity contribution in [2.24, 2.45) is 0 Å². The number of hydrogen-bond acceptors (Lipinski definition) is 0. The SMILES string of the molecule is Cc1cc([Si](C)(Cl)Cl)c(C)cc1I. The molecule has 0 aliphatic rings. The molecule has 0 aliphatic carbocycles. The molecule has 0 spiro atoms. The van der Waals surface area contributed by atoms with Crippen LogP contribution in [0.1, 0.15) is 11.1 Å². The molecule has 0 atom stereocenters. The minimum atomic E-state index is -2.19. The second kappa shape index (κ2) is 4.09. The molecule has 0 unspecified atom stereocenters. The van der Waals surface area contributed by atoms with E-state index in [0.717, 1.165) is 5.19 Å². The van der Waals surface area contributed by atoms with Crippen LogP contribution in [0.4, 0.5) is 0 Å². The molecule has 1 aromatic carbocycles. The van der Waals surface area contributed by atoms with Crippen LogP contribution in [0.2, 0.25) is 6.55 Å². The Bertz CT molecular complexity index is 331. The Labute approximate surface area is 103 Å². The molecular formula is C9H11Cl2ISi. The van der Waals surface area contributed by atoms with Gasteiger partial charge in [0.05, 0.1) is 0 Å². The van der Waals surface area contributed by atoms with Gasteiger partial charge in [-0.3, -0.25) is 0 Å². The van der Waals surface area contributed by atoms with E-state index in [9.17, 15) is 0 Å². The summed E-state index contributed by atoms with van der Waals surface area (Å²) >= 11 is 14.7. The quantitative estimate of drug-likeness (QED) is 0.414. The van der Waals surface area contributed by atoms with Gasteiger partial charge in [-0.15, -0.1) is 22.2 Å². The lowest BCUT2D eigenvalue weighted by Crippen LogP contribution is -2.35. The van der Waals surface area contributed by atoms with Crippen molar-refractivity contribution in [3.8, 4) is 0 Å². The average Bonchev–Trinajstić information content (AvgIpc) is 1.94. The molecular weight excluding hydrogens is 334 g/mol.